The first-order valence-electron chi connectivity index (χ1n) is 5.81. The molecule has 1 aliphatic carbocycles. The Kier molecular flexibility index (Phi) is 3.59. The third-order valence-electron chi connectivity index (χ3n) is 3.34. The van der Waals surface area contributed by atoms with Gasteiger partial charge in [-0.25, -0.2) is 0 Å². The third kappa shape index (κ3) is 3.25. The van der Waals surface area contributed by atoms with Crippen LogP contribution in [-0.2, 0) is 0 Å². The van der Waals surface area contributed by atoms with Gasteiger partial charge < -0.3 is 10.4 Å². The molecule has 1 aliphatic rings. The predicted octanol–water partition coefficient (Wildman–Crippen LogP) is 2.32. The molecule has 2 atom stereocenters. The molecule has 1 saturated carbocycles. The summed E-state index contributed by atoms with van der Waals surface area (Å²) in [6.45, 7) is 9.33. The molecule has 1 rings (SSSR count). The van der Waals surface area contributed by atoms with E-state index in [4.69, 9.17) is 0 Å². The Morgan fingerprint density at radius 1 is 1.36 bits per heavy atom. The minimum Gasteiger partial charge on any atom is -0.388 e. The standard InChI is InChI=1S/C12H25NO/c1-10-7-5-6-8-12(10,14)9-13-11(2,3)4/h10,13-14H,5-9H2,1-4H3. The van der Waals surface area contributed by atoms with E-state index in [1.165, 1.54) is 19.3 Å². The number of hydrogen-bond donors (Lipinski definition) is 2. The molecule has 0 amide bonds. The van der Waals surface area contributed by atoms with E-state index in [2.05, 4.69) is 33.0 Å². The zero-order valence-corrected chi connectivity index (χ0v) is 10.1. The van der Waals surface area contributed by atoms with E-state index in [0.717, 1.165) is 13.0 Å². The van der Waals surface area contributed by atoms with Crippen LogP contribution in [0.1, 0.15) is 53.4 Å². The minimum absolute atomic E-state index is 0.104. The molecule has 0 heterocycles. The summed E-state index contributed by atoms with van der Waals surface area (Å²) in [6, 6.07) is 0. The number of rotatable bonds is 2. The van der Waals surface area contributed by atoms with Gasteiger partial charge in [0.1, 0.15) is 0 Å². The topological polar surface area (TPSA) is 32.3 Å². The van der Waals surface area contributed by atoms with Gasteiger partial charge in [-0.2, -0.15) is 0 Å². The quantitative estimate of drug-likeness (QED) is 0.715. The molecule has 0 radical (unpaired) electrons. The summed E-state index contributed by atoms with van der Waals surface area (Å²) >= 11 is 0. The van der Waals surface area contributed by atoms with Gasteiger partial charge in [0.15, 0.2) is 0 Å². The second kappa shape index (κ2) is 4.19. The first kappa shape index (κ1) is 12.0. The summed E-state index contributed by atoms with van der Waals surface area (Å²) in [7, 11) is 0. The molecule has 2 N–H and O–H groups in total. The Labute approximate surface area is 88.1 Å². The summed E-state index contributed by atoms with van der Waals surface area (Å²) in [5.41, 5.74) is -0.363. The number of aliphatic hydroxyl groups is 1. The van der Waals surface area contributed by atoms with Crippen molar-refractivity contribution in [2.45, 2.75) is 64.5 Å². The monoisotopic (exact) mass is 199 g/mol. The fraction of sp³-hybridized carbons (Fsp3) is 1.00. The largest absolute Gasteiger partial charge is 0.388 e. The van der Waals surface area contributed by atoms with Crippen LogP contribution in [0.15, 0.2) is 0 Å². The van der Waals surface area contributed by atoms with E-state index < -0.39 is 5.60 Å². The molecule has 0 aromatic heterocycles. The molecule has 2 nitrogen and oxygen atoms in total. The number of β-amino-alcohol motifs (C(OH)–C–C–N with tert-alkyl or cyclic N) is 1. The Balaban J connectivity index is 2.47. The van der Waals surface area contributed by atoms with Crippen molar-refractivity contribution in [1.82, 2.24) is 5.32 Å². The van der Waals surface area contributed by atoms with Gasteiger partial charge in [0, 0.05) is 12.1 Å². The van der Waals surface area contributed by atoms with Crippen molar-refractivity contribution in [3.05, 3.63) is 0 Å². The fourth-order valence-electron chi connectivity index (χ4n) is 2.08. The van der Waals surface area contributed by atoms with Crippen molar-refractivity contribution in [2.75, 3.05) is 6.54 Å². The summed E-state index contributed by atoms with van der Waals surface area (Å²) in [6.07, 6.45) is 4.57. The first-order chi connectivity index (χ1) is 6.33. The normalized spacial score (nSPS) is 34.5. The Hall–Kier alpha value is -0.0800. The number of nitrogens with one attached hydrogen (secondary N) is 1. The van der Waals surface area contributed by atoms with Crippen molar-refractivity contribution in [3.63, 3.8) is 0 Å². The van der Waals surface area contributed by atoms with Gasteiger partial charge in [-0.05, 0) is 39.5 Å². The van der Waals surface area contributed by atoms with Crippen LogP contribution >= 0.6 is 0 Å². The lowest BCUT2D eigenvalue weighted by atomic mass is 9.76. The first-order valence-corrected chi connectivity index (χ1v) is 5.81. The van der Waals surface area contributed by atoms with Gasteiger partial charge in [-0.3, -0.25) is 0 Å². The number of hydrogen-bond acceptors (Lipinski definition) is 2. The molecule has 0 saturated heterocycles. The molecule has 0 aromatic rings. The van der Waals surface area contributed by atoms with Gasteiger partial charge in [0.2, 0.25) is 0 Å². The average molecular weight is 199 g/mol. The maximum absolute atomic E-state index is 10.4. The molecule has 2 unspecified atom stereocenters. The van der Waals surface area contributed by atoms with Crippen LogP contribution in [0, 0.1) is 5.92 Å². The highest BCUT2D eigenvalue weighted by atomic mass is 16.3. The van der Waals surface area contributed by atoms with Crippen molar-refractivity contribution in [2.24, 2.45) is 5.92 Å². The Bertz CT molecular complexity index is 185. The smallest absolute Gasteiger partial charge is 0.0797 e. The predicted molar refractivity (Wildman–Crippen MR) is 60.3 cm³/mol. The maximum atomic E-state index is 10.4. The zero-order chi connectivity index (χ0) is 10.8. The highest BCUT2D eigenvalue weighted by molar-refractivity contribution is 4.91. The van der Waals surface area contributed by atoms with Crippen LogP contribution in [0.2, 0.25) is 0 Å². The van der Waals surface area contributed by atoms with E-state index in [-0.39, 0.29) is 5.54 Å². The maximum Gasteiger partial charge on any atom is 0.0797 e. The van der Waals surface area contributed by atoms with Gasteiger partial charge in [-0.1, -0.05) is 19.8 Å². The van der Waals surface area contributed by atoms with Crippen molar-refractivity contribution in [1.29, 1.82) is 0 Å². The van der Waals surface area contributed by atoms with Gasteiger partial charge in [0.25, 0.3) is 0 Å². The summed E-state index contributed by atoms with van der Waals surface area (Å²) in [4.78, 5) is 0. The Morgan fingerprint density at radius 2 is 2.00 bits per heavy atom. The van der Waals surface area contributed by atoms with Gasteiger partial charge in [0.05, 0.1) is 5.60 Å². The van der Waals surface area contributed by atoms with E-state index in [0.29, 0.717) is 5.92 Å². The van der Waals surface area contributed by atoms with Crippen molar-refractivity contribution < 1.29 is 5.11 Å². The lowest BCUT2D eigenvalue weighted by Gasteiger charge is -2.40. The lowest BCUT2D eigenvalue weighted by Crippen LogP contribution is -2.52. The van der Waals surface area contributed by atoms with Gasteiger partial charge in [-0.15, -0.1) is 0 Å². The lowest BCUT2D eigenvalue weighted by molar-refractivity contribution is -0.0431. The zero-order valence-electron chi connectivity index (χ0n) is 10.1. The SMILES string of the molecule is CC1CCCCC1(O)CNC(C)(C)C. The van der Waals surface area contributed by atoms with Crippen LogP contribution in [0.4, 0.5) is 0 Å². The third-order valence-corrected chi connectivity index (χ3v) is 3.34. The van der Waals surface area contributed by atoms with Crippen LogP contribution in [-0.4, -0.2) is 22.8 Å². The van der Waals surface area contributed by atoms with E-state index in [1.807, 2.05) is 0 Å². The summed E-state index contributed by atoms with van der Waals surface area (Å²) in [5, 5.41) is 13.9. The molecule has 0 aromatic carbocycles. The second-order valence-corrected chi connectivity index (χ2v) is 5.85. The summed E-state index contributed by atoms with van der Waals surface area (Å²) < 4.78 is 0. The Morgan fingerprint density at radius 3 is 2.50 bits per heavy atom. The summed E-state index contributed by atoms with van der Waals surface area (Å²) in [5.74, 6) is 0.436. The van der Waals surface area contributed by atoms with Crippen molar-refractivity contribution >= 4 is 0 Å². The highest BCUT2D eigenvalue weighted by Gasteiger charge is 2.36. The molecule has 0 aliphatic heterocycles. The molecule has 0 spiro atoms. The van der Waals surface area contributed by atoms with E-state index in [9.17, 15) is 5.11 Å². The van der Waals surface area contributed by atoms with Crippen LogP contribution in [0.25, 0.3) is 0 Å². The molecule has 1 fully saturated rings. The molecule has 14 heavy (non-hydrogen) atoms. The highest BCUT2D eigenvalue weighted by Crippen LogP contribution is 2.33. The van der Waals surface area contributed by atoms with Crippen LogP contribution in [0.5, 0.6) is 0 Å². The molecular formula is C12H25NO. The molecule has 84 valence electrons. The van der Waals surface area contributed by atoms with Crippen LogP contribution in [0.3, 0.4) is 0 Å². The van der Waals surface area contributed by atoms with E-state index >= 15 is 0 Å². The molecule has 2 heteroatoms. The van der Waals surface area contributed by atoms with Crippen LogP contribution < -0.4 is 5.32 Å². The minimum atomic E-state index is -0.467. The second-order valence-electron chi connectivity index (χ2n) is 5.85. The van der Waals surface area contributed by atoms with Crippen molar-refractivity contribution in [3.8, 4) is 0 Å². The fourth-order valence-corrected chi connectivity index (χ4v) is 2.08. The average Bonchev–Trinajstić information content (AvgIpc) is 2.06. The molecular weight excluding hydrogens is 174 g/mol. The molecule has 0 bridgehead atoms. The van der Waals surface area contributed by atoms with E-state index in [1.54, 1.807) is 0 Å². The van der Waals surface area contributed by atoms with Gasteiger partial charge >= 0.3 is 0 Å².